The molecule has 0 saturated carbocycles. The van der Waals surface area contributed by atoms with Crippen LogP contribution in [0.25, 0.3) is 0 Å². The predicted octanol–water partition coefficient (Wildman–Crippen LogP) is 3.05. The van der Waals surface area contributed by atoms with Gasteiger partial charge in [-0.25, -0.2) is 4.79 Å². The van der Waals surface area contributed by atoms with E-state index in [9.17, 15) is 4.79 Å². The summed E-state index contributed by atoms with van der Waals surface area (Å²) in [7, 11) is 0. The number of carbonyl (C=O) groups is 1. The predicted molar refractivity (Wildman–Crippen MR) is 84.0 cm³/mol. The Kier molecular flexibility index (Phi) is 3.39. The number of primary amides is 1. The van der Waals surface area contributed by atoms with Crippen LogP contribution in [-0.2, 0) is 0 Å². The van der Waals surface area contributed by atoms with E-state index in [-0.39, 0.29) is 0 Å². The van der Waals surface area contributed by atoms with E-state index >= 15 is 0 Å². The van der Waals surface area contributed by atoms with E-state index in [1.807, 2.05) is 59.5 Å². The first-order valence-corrected chi connectivity index (χ1v) is 6.50. The van der Waals surface area contributed by atoms with Crippen LogP contribution in [0.2, 0.25) is 0 Å². The summed E-state index contributed by atoms with van der Waals surface area (Å²) in [5.74, 6) is 0. The fraction of sp³-hybridized carbons (Fsp3) is 0. The lowest BCUT2D eigenvalue weighted by molar-refractivity contribution is 0.251. The van der Waals surface area contributed by atoms with Gasteiger partial charge >= 0.3 is 6.03 Å². The van der Waals surface area contributed by atoms with Crippen LogP contribution in [0.5, 0.6) is 0 Å². The van der Waals surface area contributed by atoms with Crippen molar-refractivity contribution in [2.24, 2.45) is 10.7 Å². The van der Waals surface area contributed by atoms with E-state index in [1.165, 1.54) is 0 Å². The number of amides is 2. The van der Waals surface area contributed by atoms with Crippen molar-refractivity contribution in [1.82, 2.24) is 5.32 Å². The lowest BCUT2D eigenvalue weighted by atomic mass is 10.2. The minimum Gasteiger partial charge on any atom is -0.351 e. The molecule has 0 aliphatic carbocycles. The summed E-state index contributed by atoms with van der Waals surface area (Å²) in [6.45, 7) is 0. The highest BCUT2D eigenvalue weighted by Crippen LogP contribution is 2.35. The zero-order chi connectivity index (χ0) is 14.7. The molecule has 3 N–H and O–H groups in total. The summed E-state index contributed by atoms with van der Waals surface area (Å²) >= 11 is 0. The maximum Gasteiger partial charge on any atom is 0.316 e. The number of anilines is 2. The van der Waals surface area contributed by atoms with E-state index in [2.05, 4.69) is 10.3 Å². The van der Waals surface area contributed by atoms with Crippen molar-refractivity contribution >= 4 is 29.3 Å². The van der Waals surface area contributed by atoms with Gasteiger partial charge in [0.15, 0.2) is 0 Å². The third-order valence-corrected chi connectivity index (χ3v) is 3.05. The molecule has 1 aliphatic heterocycles. The number of allylic oxidation sites excluding steroid dienone is 1. The second kappa shape index (κ2) is 5.50. The molecule has 5 nitrogen and oxygen atoms in total. The number of urea groups is 1. The van der Waals surface area contributed by atoms with Crippen LogP contribution >= 0.6 is 0 Å². The van der Waals surface area contributed by atoms with Crippen LogP contribution in [0, 0.1) is 0 Å². The largest absolute Gasteiger partial charge is 0.351 e. The molecule has 1 heterocycles. The molecule has 0 saturated heterocycles. The molecular weight excluding hydrogens is 264 g/mol. The van der Waals surface area contributed by atoms with Gasteiger partial charge in [-0.1, -0.05) is 30.3 Å². The van der Waals surface area contributed by atoms with Crippen molar-refractivity contribution in [3.8, 4) is 0 Å². The van der Waals surface area contributed by atoms with Crippen molar-refractivity contribution in [1.29, 1.82) is 0 Å². The van der Waals surface area contributed by atoms with Crippen LogP contribution in [-0.4, -0.2) is 12.2 Å². The molecule has 1 aliphatic rings. The van der Waals surface area contributed by atoms with Crippen molar-refractivity contribution in [3.05, 3.63) is 66.5 Å². The lowest BCUT2D eigenvalue weighted by Gasteiger charge is -2.21. The third-order valence-electron chi connectivity index (χ3n) is 3.05. The summed E-state index contributed by atoms with van der Waals surface area (Å²) in [6.07, 6.45) is 3.39. The fourth-order valence-electron chi connectivity index (χ4n) is 2.17. The maximum absolute atomic E-state index is 11.1. The van der Waals surface area contributed by atoms with E-state index in [1.54, 1.807) is 12.4 Å². The van der Waals surface area contributed by atoms with E-state index < -0.39 is 6.03 Å². The fourth-order valence-corrected chi connectivity index (χ4v) is 2.17. The van der Waals surface area contributed by atoms with Crippen molar-refractivity contribution in [2.45, 2.75) is 0 Å². The van der Waals surface area contributed by atoms with E-state index in [4.69, 9.17) is 5.73 Å². The van der Waals surface area contributed by atoms with Crippen molar-refractivity contribution in [3.63, 3.8) is 0 Å². The normalized spacial score (nSPS) is 13.1. The Bertz CT molecular complexity index is 722. The first-order valence-electron chi connectivity index (χ1n) is 6.50. The first kappa shape index (κ1) is 12.9. The average molecular weight is 278 g/mol. The average Bonchev–Trinajstić information content (AvgIpc) is 2.68. The zero-order valence-electron chi connectivity index (χ0n) is 11.2. The smallest absolute Gasteiger partial charge is 0.316 e. The van der Waals surface area contributed by atoms with E-state index in [0.29, 0.717) is 5.70 Å². The number of carbonyl (C=O) groups excluding carboxylic acids is 1. The van der Waals surface area contributed by atoms with Gasteiger partial charge in [0.05, 0.1) is 23.3 Å². The topological polar surface area (TPSA) is 70.7 Å². The van der Waals surface area contributed by atoms with Gasteiger partial charge in [-0.3, -0.25) is 4.99 Å². The summed E-state index contributed by atoms with van der Waals surface area (Å²) < 4.78 is 0. The highest BCUT2D eigenvalue weighted by molar-refractivity contribution is 5.92. The Hall–Kier alpha value is -3.08. The van der Waals surface area contributed by atoms with Gasteiger partial charge in [0.2, 0.25) is 0 Å². The second-order valence-electron chi connectivity index (χ2n) is 4.53. The number of hydrogen-bond acceptors (Lipinski definition) is 3. The highest BCUT2D eigenvalue weighted by atomic mass is 16.2. The number of nitrogens with two attached hydrogens (primary N) is 1. The molecule has 21 heavy (non-hydrogen) atoms. The lowest BCUT2D eigenvalue weighted by Crippen LogP contribution is -2.30. The van der Waals surface area contributed by atoms with Gasteiger partial charge < -0.3 is 16.0 Å². The SMILES string of the molecule is NC(=O)NC1=CN(c2ccccc2)c2ccccc2N=C1. The number of para-hydroxylation sites is 3. The van der Waals surface area contributed by atoms with Gasteiger partial charge in [-0.15, -0.1) is 0 Å². The molecule has 2 aromatic carbocycles. The van der Waals surface area contributed by atoms with Crippen molar-refractivity contribution in [2.75, 3.05) is 4.90 Å². The highest BCUT2D eigenvalue weighted by Gasteiger charge is 2.14. The maximum atomic E-state index is 11.1. The molecular formula is C16H14N4O. The number of fused-ring (bicyclic) bond motifs is 1. The quantitative estimate of drug-likeness (QED) is 0.886. The van der Waals surface area contributed by atoms with Gasteiger partial charge in [0.1, 0.15) is 0 Å². The van der Waals surface area contributed by atoms with Crippen LogP contribution in [0.1, 0.15) is 0 Å². The minimum absolute atomic E-state index is 0.530. The molecule has 5 heteroatoms. The number of aliphatic imine (C=N–C) groups is 1. The van der Waals surface area contributed by atoms with Crippen LogP contribution in [0.15, 0.2) is 71.5 Å². The number of nitrogens with zero attached hydrogens (tertiary/aromatic N) is 2. The molecule has 0 spiro atoms. The van der Waals surface area contributed by atoms with Crippen LogP contribution in [0.4, 0.5) is 21.9 Å². The summed E-state index contributed by atoms with van der Waals surface area (Å²) in [4.78, 5) is 17.4. The van der Waals surface area contributed by atoms with Gasteiger partial charge in [-0.2, -0.15) is 0 Å². The minimum atomic E-state index is -0.619. The number of hydrogen-bond donors (Lipinski definition) is 2. The molecule has 3 rings (SSSR count). The zero-order valence-corrected chi connectivity index (χ0v) is 11.2. The molecule has 0 aromatic heterocycles. The molecule has 0 unspecified atom stereocenters. The Morgan fingerprint density at radius 2 is 1.76 bits per heavy atom. The summed E-state index contributed by atoms with van der Waals surface area (Å²) in [5.41, 5.74) is 8.44. The van der Waals surface area contributed by atoms with Gasteiger partial charge in [0.25, 0.3) is 0 Å². The molecule has 2 aromatic rings. The molecule has 0 bridgehead atoms. The standard InChI is InChI=1S/C16H14N4O/c17-16(21)19-12-10-18-14-8-4-5-9-15(14)20(11-12)13-6-2-1-3-7-13/h1-11H,(H3,17,19,21). The number of nitrogens with one attached hydrogen (secondary N) is 1. The number of benzene rings is 2. The molecule has 0 fully saturated rings. The Labute approximate surface area is 122 Å². The Morgan fingerprint density at radius 1 is 1.05 bits per heavy atom. The first-order chi connectivity index (χ1) is 10.2. The van der Waals surface area contributed by atoms with Crippen LogP contribution < -0.4 is 16.0 Å². The van der Waals surface area contributed by atoms with E-state index in [0.717, 1.165) is 17.1 Å². The Morgan fingerprint density at radius 3 is 2.52 bits per heavy atom. The third kappa shape index (κ3) is 2.76. The molecule has 0 atom stereocenters. The molecule has 2 amide bonds. The summed E-state index contributed by atoms with van der Waals surface area (Å²) in [5, 5.41) is 2.57. The number of rotatable bonds is 2. The van der Waals surface area contributed by atoms with Gasteiger partial charge in [0, 0.05) is 11.9 Å². The second-order valence-corrected chi connectivity index (χ2v) is 4.53. The van der Waals surface area contributed by atoms with Crippen LogP contribution in [0.3, 0.4) is 0 Å². The molecule has 104 valence electrons. The Balaban J connectivity index is 2.11. The monoisotopic (exact) mass is 278 g/mol. The van der Waals surface area contributed by atoms with Gasteiger partial charge in [-0.05, 0) is 24.3 Å². The molecule has 0 radical (unpaired) electrons. The summed E-state index contributed by atoms with van der Waals surface area (Å²) in [6, 6.07) is 17.0. The van der Waals surface area contributed by atoms with Crippen molar-refractivity contribution < 1.29 is 4.79 Å².